The Hall–Kier alpha value is -0.160. The molecular formula is C5H14N2O2. The van der Waals surface area contributed by atoms with Crippen LogP contribution in [0.3, 0.4) is 0 Å². The lowest BCUT2D eigenvalue weighted by Crippen LogP contribution is -2.23. The highest BCUT2D eigenvalue weighted by molar-refractivity contribution is 4.53. The van der Waals surface area contributed by atoms with Crippen molar-refractivity contribution in [2.45, 2.75) is 25.8 Å². The highest BCUT2D eigenvalue weighted by Crippen LogP contribution is 1.92. The van der Waals surface area contributed by atoms with Crippen LogP contribution in [0.15, 0.2) is 0 Å². The SMILES string of the molecule is CC(CCCNO)NO. The Labute approximate surface area is 54.8 Å². The smallest absolute Gasteiger partial charge is 0.0291 e. The molecule has 0 aliphatic carbocycles. The van der Waals surface area contributed by atoms with Crippen LogP contribution in [0.5, 0.6) is 0 Å². The van der Waals surface area contributed by atoms with Gasteiger partial charge in [-0.15, -0.1) is 0 Å². The molecule has 4 nitrogen and oxygen atoms in total. The van der Waals surface area contributed by atoms with Gasteiger partial charge >= 0.3 is 0 Å². The van der Waals surface area contributed by atoms with Crippen molar-refractivity contribution in [3.63, 3.8) is 0 Å². The van der Waals surface area contributed by atoms with E-state index in [9.17, 15) is 0 Å². The molecule has 0 fully saturated rings. The molecule has 0 saturated heterocycles. The van der Waals surface area contributed by atoms with Gasteiger partial charge in [0.25, 0.3) is 0 Å². The van der Waals surface area contributed by atoms with E-state index < -0.39 is 0 Å². The molecule has 0 bridgehead atoms. The Balaban J connectivity index is 2.88. The molecule has 0 radical (unpaired) electrons. The summed E-state index contributed by atoms with van der Waals surface area (Å²) in [5.74, 6) is 0. The van der Waals surface area contributed by atoms with Gasteiger partial charge in [-0.3, -0.25) is 0 Å². The molecule has 0 aromatic carbocycles. The highest BCUT2D eigenvalue weighted by atomic mass is 16.5. The molecule has 0 rings (SSSR count). The number of hydrogen-bond donors (Lipinski definition) is 4. The average Bonchev–Trinajstić information content (AvgIpc) is 1.89. The monoisotopic (exact) mass is 134 g/mol. The van der Waals surface area contributed by atoms with Crippen molar-refractivity contribution in [1.29, 1.82) is 0 Å². The van der Waals surface area contributed by atoms with Gasteiger partial charge < -0.3 is 10.4 Å². The fourth-order valence-electron chi connectivity index (χ4n) is 0.552. The Morgan fingerprint density at radius 3 is 2.56 bits per heavy atom. The van der Waals surface area contributed by atoms with E-state index in [-0.39, 0.29) is 6.04 Å². The van der Waals surface area contributed by atoms with Crippen LogP contribution < -0.4 is 11.0 Å². The Bertz CT molecular complexity index is 60.9. The van der Waals surface area contributed by atoms with Crippen LogP contribution in [-0.4, -0.2) is 23.0 Å². The molecule has 0 aliphatic heterocycles. The van der Waals surface area contributed by atoms with Crippen molar-refractivity contribution < 1.29 is 10.4 Å². The van der Waals surface area contributed by atoms with E-state index in [0.717, 1.165) is 12.8 Å². The summed E-state index contributed by atoms with van der Waals surface area (Å²) in [6, 6.07) is 0.110. The molecule has 9 heavy (non-hydrogen) atoms. The third kappa shape index (κ3) is 5.72. The van der Waals surface area contributed by atoms with Gasteiger partial charge in [-0.05, 0) is 19.8 Å². The lowest BCUT2D eigenvalue weighted by atomic mass is 10.2. The molecule has 1 atom stereocenters. The molecule has 4 heteroatoms. The topological polar surface area (TPSA) is 64.5 Å². The second-order valence-electron chi connectivity index (χ2n) is 2.08. The third-order valence-electron chi connectivity index (χ3n) is 1.15. The van der Waals surface area contributed by atoms with Gasteiger partial charge in [-0.2, -0.15) is 0 Å². The maximum absolute atomic E-state index is 8.30. The fourth-order valence-corrected chi connectivity index (χ4v) is 0.552. The number of rotatable bonds is 5. The van der Waals surface area contributed by atoms with Crippen molar-refractivity contribution in [1.82, 2.24) is 11.0 Å². The average molecular weight is 134 g/mol. The molecule has 0 saturated carbocycles. The summed E-state index contributed by atoms with van der Waals surface area (Å²) in [5, 5.41) is 16.4. The quantitative estimate of drug-likeness (QED) is 0.318. The molecule has 0 aromatic heterocycles. The van der Waals surface area contributed by atoms with Crippen LogP contribution >= 0.6 is 0 Å². The van der Waals surface area contributed by atoms with Crippen LogP contribution in [0.25, 0.3) is 0 Å². The largest absolute Gasteiger partial charge is 0.317 e. The minimum absolute atomic E-state index is 0.110. The second kappa shape index (κ2) is 5.97. The maximum atomic E-state index is 8.30. The van der Waals surface area contributed by atoms with Crippen molar-refractivity contribution in [2.24, 2.45) is 0 Å². The minimum atomic E-state index is 0.110. The van der Waals surface area contributed by atoms with Gasteiger partial charge in [0.2, 0.25) is 0 Å². The summed E-state index contributed by atoms with van der Waals surface area (Å²) in [6.07, 6.45) is 1.70. The summed E-state index contributed by atoms with van der Waals surface area (Å²) in [4.78, 5) is 0. The minimum Gasteiger partial charge on any atom is -0.317 e. The van der Waals surface area contributed by atoms with Crippen molar-refractivity contribution in [3.05, 3.63) is 0 Å². The Morgan fingerprint density at radius 1 is 1.44 bits per heavy atom. The molecule has 1 unspecified atom stereocenters. The van der Waals surface area contributed by atoms with Gasteiger partial charge in [-0.1, -0.05) is 0 Å². The van der Waals surface area contributed by atoms with Crippen molar-refractivity contribution in [3.8, 4) is 0 Å². The molecule has 56 valence electrons. The van der Waals surface area contributed by atoms with Crippen LogP contribution in [0.4, 0.5) is 0 Å². The molecule has 0 aromatic rings. The first-order chi connectivity index (χ1) is 4.31. The molecule has 0 amide bonds. The number of nitrogens with one attached hydrogen (secondary N) is 2. The first-order valence-corrected chi connectivity index (χ1v) is 3.08. The van der Waals surface area contributed by atoms with Crippen LogP contribution in [0, 0.1) is 0 Å². The normalized spacial score (nSPS) is 13.7. The predicted octanol–water partition coefficient (Wildman–Crippen LogP) is 0.113. The zero-order valence-electron chi connectivity index (χ0n) is 5.59. The highest BCUT2D eigenvalue weighted by Gasteiger charge is 1.96. The molecule has 4 N–H and O–H groups in total. The van der Waals surface area contributed by atoms with Gasteiger partial charge in [0, 0.05) is 12.6 Å². The molecular weight excluding hydrogens is 120 g/mol. The van der Waals surface area contributed by atoms with Crippen LogP contribution in [-0.2, 0) is 0 Å². The first-order valence-electron chi connectivity index (χ1n) is 3.08. The van der Waals surface area contributed by atoms with Gasteiger partial charge in [-0.25, -0.2) is 11.0 Å². The van der Waals surface area contributed by atoms with E-state index >= 15 is 0 Å². The standard InChI is InChI=1S/C5H14N2O2/c1-5(7-9)3-2-4-6-8/h5-9H,2-4H2,1H3. The Morgan fingerprint density at radius 2 is 2.11 bits per heavy atom. The fraction of sp³-hybridized carbons (Fsp3) is 1.00. The predicted molar refractivity (Wildman–Crippen MR) is 33.4 cm³/mol. The van der Waals surface area contributed by atoms with Crippen LogP contribution in [0.1, 0.15) is 19.8 Å². The molecule has 0 spiro atoms. The molecule has 0 aliphatic rings. The zero-order valence-corrected chi connectivity index (χ0v) is 5.59. The van der Waals surface area contributed by atoms with Gasteiger partial charge in [0.1, 0.15) is 0 Å². The van der Waals surface area contributed by atoms with Gasteiger partial charge in [0.15, 0.2) is 0 Å². The summed E-state index contributed by atoms with van der Waals surface area (Å²) in [5.41, 5.74) is 4.15. The van der Waals surface area contributed by atoms with E-state index in [4.69, 9.17) is 10.4 Å². The van der Waals surface area contributed by atoms with E-state index in [1.54, 1.807) is 0 Å². The summed E-state index contributed by atoms with van der Waals surface area (Å²) < 4.78 is 0. The van der Waals surface area contributed by atoms with E-state index in [1.165, 1.54) is 0 Å². The number of hydrogen-bond acceptors (Lipinski definition) is 4. The Kier molecular flexibility index (Phi) is 5.86. The summed E-state index contributed by atoms with van der Waals surface area (Å²) in [6.45, 7) is 2.45. The van der Waals surface area contributed by atoms with E-state index in [1.807, 2.05) is 12.4 Å². The van der Waals surface area contributed by atoms with Crippen LogP contribution in [0.2, 0.25) is 0 Å². The zero-order chi connectivity index (χ0) is 7.11. The second-order valence-corrected chi connectivity index (χ2v) is 2.08. The van der Waals surface area contributed by atoms with Crippen molar-refractivity contribution >= 4 is 0 Å². The molecule has 0 heterocycles. The van der Waals surface area contributed by atoms with E-state index in [2.05, 4.69) is 5.48 Å². The first kappa shape index (κ1) is 8.84. The van der Waals surface area contributed by atoms with Gasteiger partial charge in [0.05, 0.1) is 0 Å². The van der Waals surface area contributed by atoms with E-state index in [0.29, 0.717) is 6.54 Å². The summed E-state index contributed by atoms with van der Waals surface area (Å²) in [7, 11) is 0. The lowest BCUT2D eigenvalue weighted by molar-refractivity contribution is 0.122. The lowest BCUT2D eigenvalue weighted by Gasteiger charge is -2.06. The third-order valence-corrected chi connectivity index (χ3v) is 1.15. The number of hydroxylamine groups is 2. The maximum Gasteiger partial charge on any atom is 0.0291 e. The summed E-state index contributed by atoms with van der Waals surface area (Å²) >= 11 is 0. The van der Waals surface area contributed by atoms with Crippen molar-refractivity contribution in [2.75, 3.05) is 6.54 Å².